The minimum Gasteiger partial charge on any atom is -0.381 e. The van der Waals surface area contributed by atoms with Gasteiger partial charge in [-0.05, 0) is 12.8 Å². The van der Waals surface area contributed by atoms with E-state index in [1.807, 2.05) is 0 Å². The van der Waals surface area contributed by atoms with E-state index in [0.29, 0.717) is 19.7 Å². The van der Waals surface area contributed by atoms with Crippen molar-refractivity contribution in [2.75, 3.05) is 26.3 Å². The molecule has 0 unspecified atom stereocenters. The Bertz CT molecular complexity index is 215. The molecule has 0 saturated carbocycles. The SMILES string of the molecule is CCCOCCCN1CC(=O)CC1=O. The summed E-state index contributed by atoms with van der Waals surface area (Å²) in [5.74, 6) is -0.00466. The fourth-order valence-electron chi connectivity index (χ4n) is 1.45. The number of amides is 1. The molecule has 1 heterocycles. The number of carbonyl (C=O) groups excluding carboxylic acids is 2. The van der Waals surface area contributed by atoms with Gasteiger partial charge < -0.3 is 9.64 Å². The van der Waals surface area contributed by atoms with Gasteiger partial charge in [-0.3, -0.25) is 9.59 Å². The van der Waals surface area contributed by atoms with E-state index in [4.69, 9.17) is 4.74 Å². The first-order chi connectivity index (χ1) is 6.74. The molecule has 0 radical (unpaired) electrons. The highest BCUT2D eigenvalue weighted by molar-refractivity contribution is 6.05. The van der Waals surface area contributed by atoms with Crippen LogP contribution >= 0.6 is 0 Å². The Morgan fingerprint density at radius 3 is 2.71 bits per heavy atom. The molecule has 0 aliphatic carbocycles. The summed E-state index contributed by atoms with van der Waals surface area (Å²) >= 11 is 0. The van der Waals surface area contributed by atoms with Crippen molar-refractivity contribution in [2.24, 2.45) is 0 Å². The average molecular weight is 199 g/mol. The van der Waals surface area contributed by atoms with Crippen LogP contribution in [0.5, 0.6) is 0 Å². The summed E-state index contributed by atoms with van der Waals surface area (Å²) in [6, 6.07) is 0. The molecule has 4 heteroatoms. The molecule has 1 aliphatic rings. The van der Waals surface area contributed by atoms with Gasteiger partial charge in [-0.15, -0.1) is 0 Å². The smallest absolute Gasteiger partial charge is 0.230 e. The van der Waals surface area contributed by atoms with E-state index in [9.17, 15) is 9.59 Å². The molecule has 4 nitrogen and oxygen atoms in total. The molecule has 0 bridgehead atoms. The molecule has 14 heavy (non-hydrogen) atoms. The zero-order valence-electron chi connectivity index (χ0n) is 8.62. The van der Waals surface area contributed by atoms with Crippen molar-refractivity contribution in [2.45, 2.75) is 26.2 Å². The molecule has 0 aromatic heterocycles. The first kappa shape index (κ1) is 11.2. The standard InChI is InChI=1S/C10H17NO3/c1-2-5-14-6-3-4-11-8-9(12)7-10(11)13/h2-8H2,1H3. The molecule has 1 rings (SSSR count). The highest BCUT2D eigenvalue weighted by atomic mass is 16.5. The summed E-state index contributed by atoms with van der Waals surface area (Å²) < 4.78 is 5.28. The third-order valence-corrected chi connectivity index (χ3v) is 2.13. The Morgan fingerprint density at radius 1 is 1.36 bits per heavy atom. The number of ether oxygens (including phenoxy) is 1. The van der Waals surface area contributed by atoms with Crippen LogP contribution in [0.15, 0.2) is 0 Å². The molecular weight excluding hydrogens is 182 g/mol. The Morgan fingerprint density at radius 2 is 2.14 bits per heavy atom. The zero-order valence-corrected chi connectivity index (χ0v) is 8.62. The van der Waals surface area contributed by atoms with Gasteiger partial charge in [0.05, 0.1) is 13.0 Å². The van der Waals surface area contributed by atoms with Crippen LogP contribution in [0.3, 0.4) is 0 Å². The maximum atomic E-state index is 11.2. The summed E-state index contributed by atoms with van der Waals surface area (Å²) in [5, 5.41) is 0. The van der Waals surface area contributed by atoms with Gasteiger partial charge in [0.15, 0.2) is 5.78 Å². The van der Waals surface area contributed by atoms with Crippen LogP contribution in [-0.4, -0.2) is 42.9 Å². The van der Waals surface area contributed by atoms with E-state index in [2.05, 4.69) is 6.92 Å². The second-order valence-electron chi connectivity index (χ2n) is 3.50. The molecule has 0 atom stereocenters. The molecule has 1 saturated heterocycles. The van der Waals surface area contributed by atoms with Crippen LogP contribution in [-0.2, 0) is 14.3 Å². The van der Waals surface area contributed by atoms with Gasteiger partial charge in [-0.25, -0.2) is 0 Å². The molecule has 0 aromatic carbocycles. The molecule has 80 valence electrons. The van der Waals surface area contributed by atoms with Crippen LogP contribution in [0, 0.1) is 0 Å². The summed E-state index contributed by atoms with van der Waals surface area (Å²) in [6.07, 6.45) is 1.93. The fraction of sp³-hybridized carbons (Fsp3) is 0.800. The Hall–Kier alpha value is -0.900. The largest absolute Gasteiger partial charge is 0.381 e. The van der Waals surface area contributed by atoms with E-state index in [1.165, 1.54) is 0 Å². The number of hydrogen-bond acceptors (Lipinski definition) is 3. The van der Waals surface area contributed by atoms with Crippen molar-refractivity contribution in [1.82, 2.24) is 4.90 Å². The number of hydrogen-bond donors (Lipinski definition) is 0. The number of nitrogens with zero attached hydrogens (tertiary/aromatic N) is 1. The number of rotatable bonds is 6. The van der Waals surface area contributed by atoms with Gasteiger partial charge in [-0.2, -0.15) is 0 Å². The van der Waals surface area contributed by atoms with E-state index >= 15 is 0 Å². The summed E-state index contributed by atoms with van der Waals surface area (Å²) in [4.78, 5) is 23.7. The van der Waals surface area contributed by atoms with Crippen molar-refractivity contribution in [3.05, 3.63) is 0 Å². The van der Waals surface area contributed by atoms with Gasteiger partial charge in [0.25, 0.3) is 0 Å². The lowest BCUT2D eigenvalue weighted by molar-refractivity contribution is -0.128. The summed E-state index contributed by atoms with van der Waals surface area (Å²) in [6.45, 7) is 4.45. The van der Waals surface area contributed by atoms with Crippen LogP contribution in [0.2, 0.25) is 0 Å². The number of carbonyl (C=O) groups is 2. The monoisotopic (exact) mass is 199 g/mol. The molecule has 0 aromatic rings. The third-order valence-electron chi connectivity index (χ3n) is 2.13. The second kappa shape index (κ2) is 5.75. The van der Waals surface area contributed by atoms with Gasteiger partial charge in [0, 0.05) is 19.8 Å². The maximum absolute atomic E-state index is 11.2. The summed E-state index contributed by atoms with van der Waals surface area (Å²) in [5.41, 5.74) is 0. The van der Waals surface area contributed by atoms with Crippen LogP contribution in [0.4, 0.5) is 0 Å². The predicted octanol–water partition coefficient (Wildman–Crippen LogP) is 0.604. The quantitative estimate of drug-likeness (QED) is 0.465. The molecule has 0 N–H and O–H groups in total. The fourth-order valence-corrected chi connectivity index (χ4v) is 1.45. The van der Waals surface area contributed by atoms with E-state index in [0.717, 1.165) is 19.4 Å². The van der Waals surface area contributed by atoms with Crippen molar-refractivity contribution < 1.29 is 14.3 Å². The molecule has 0 spiro atoms. The van der Waals surface area contributed by atoms with Gasteiger partial charge in [0.1, 0.15) is 0 Å². The zero-order chi connectivity index (χ0) is 10.4. The van der Waals surface area contributed by atoms with Crippen molar-refractivity contribution in [3.63, 3.8) is 0 Å². The first-order valence-electron chi connectivity index (χ1n) is 5.11. The van der Waals surface area contributed by atoms with Crippen LogP contribution in [0.1, 0.15) is 26.2 Å². The predicted molar refractivity (Wildman–Crippen MR) is 51.9 cm³/mol. The van der Waals surface area contributed by atoms with Gasteiger partial charge in [0.2, 0.25) is 5.91 Å². The highest BCUT2D eigenvalue weighted by Crippen LogP contribution is 2.06. The minimum absolute atomic E-state index is 0.0319. The summed E-state index contributed by atoms with van der Waals surface area (Å²) in [7, 11) is 0. The van der Waals surface area contributed by atoms with E-state index < -0.39 is 0 Å². The van der Waals surface area contributed by atoms with Gasteiger partial charge in [-0.1, -0.05) is 6.92 Å². The lowest BCUT2D eigenvalue weighted by Crippen LogP contribution is -2.27. The lowest BCUT2D eigenvalue weighted by atomic mass is 10.3. The number of likely N-dealkylation sites (tertiary alicyclic amines) is 1. The molecular formula is C10H17NO3. The Labute approximate surface area is 84.2 Å². The van der Waals surface area contributed by atoms with Gasteiger partial charge >= 0.3 is 0 Å². The molecule has 1 amide bonds. The maximum Gasteiger partial charge on any atom is 0.230 e. The Kier molecular flexibility index (Phi) is 4.59. The number of Topliss-reactive ketones (excluding diaryl/α,β-unsaturated/α-hetero) is 1. The van der Waals surface area contributed by atoms with E-state index in [-0.39, 0.29) is 18.1 Å². The molecule has 1 aliphatic heterocycles. The Balaban J connectivity index is 2.07. The highest BCUT2D eigenvalue weighted by Gasteiger charge is 2.26. The average Bonchev–Trinajstić information content (AvgIpc) is 2.45. The first-order valence-corrected chi connectivity index (χ1v) is 5.11. The number of ketones is 1. The topological polar surface area (TPSA) is 46.6 Å². The molecule has 1 fully saturated rings. The minimum atomic E-state index is -0.0366. The van der Waals surface area contributed by atoms with E-state index in [1.54, 1.807) is 4.90 Å². The normalized spacial score (nSPS) is 16.8. The third kappa shape index (κ3) is 3.46. The van der Waals surface area contributed by atoms with Crippen molar-refractivity contribution in [3.8, 4) is 0 Å². The van der Waals surface area contributed by atoms with Crippen LogP contribution < -0.4 is 0 Å². The van der Waals surface area contributed by atoms with Crippen molar-refractivity contribution in [1.29, 1.82) is 0 Å². The van der Waals surface area contributed by atoms with Crippen molar-refractivity contribution >= 4 is 11.7 Å². The second-order valence-corrected chi connectivity index (χ2v) is 3.50. The van der Waals surface area contributed by atoms with Crippen LogP contribution in [0.25, 0.3) is 0 Å². The lowest BCUT2D eigenvalue weighted by Gasteiger charge is -2.13.